The van der Waals surface area contributed by atoms with Crippen molar-refractivity contribution in [1.82, 2.24) is 24.8 Å². The van der Waals surface area contributed by atoms with Gasteiger partial charge < -0.3 is 14.9 Å². The summed E-state index contributed by atoms with van der Waals surface area (Å²) in [6.07, 6.45) is 8.06. The van der Waals surface area contributed by atoms with Crippen molar-refractivity contribution in [3.8, 4) is 0 Å². The van der Waals surface area contributed by atoms with Crippen LogP contribution in [-0.2, 0) is 13.1 Å². The number of benzene rings is 1. The summed E-state index contributed by atoms with van der Waals surface area (Å²) in [5, 5.41) is 3.34. The number of fused-ring (bicyclic) bond motifs is 1. The van der Waals surface area contributed by atoms with E-state index >= 15 is 0 Å². The van der Waals surface area contributed by atoms with E-state index in [0.717, 1.165) is 60.9 Å². The second kappa shape index (κ2) is 10.3. The summed E-state index contributed by atoms with van der Waals surface area (Å²) in [4.78, 5) is 18.8. The van der Waals surface area contributed by atoms with Crippen molar-refractivity contribution in [3.05, 3.63) is 77.8 Å². The molecule has 0 unspecified atom stereocenters. The summed E-state index contributed by atoms with van der Waals surface area (Å²) in [5.74, 6) is 1.53. The van der Waals surface area contributed by atoms with Gasteiger partial charge in [0.2, 0.25) is 5.95 Å². The maximum Gasteiger partial charge on any atom is 0.227 e. The van der Waals surface area contributed by atoms with Crippen molar-refractivity contribution in [3.63, 3.8) is 0 Å². The van der Waals surface area contributed by atoms with Crippen LogP contribution in [0.3, 0.4) is 0 Å². The van der Waals surface area contributed by atoms with E-state index < -0.39 is 0 Å². The number of aromatic nitrogens is 3. The lowest BCUT2D eigenvalue weighted by Gasteiger charge is -2.43. The van der Waals surface area contributed by atoms with Gasteiger partial charge in [-0.3, -0.25) is 4.90 Å². The van der Waals surface area contributed by atoms with Crippen LogP contribution in [-0.4, -0.2) is 49.6 Å². The highest BCUT2D eigenvalue weighted by Crippen LogP contribution is 2.33. The standard InChI is InChI=1S/C27H33N7S/c1-18-5-7-23(8-6-18)30-27-29-15-22-16-33(17-25(22)31-27)24-10-12-34(19(2)13-24)20(3)21-9-11-28-26(14-21)32-35-4/h5-9,11,14-15,19,24H,3,10,12-13,16-17H2,1-2,4H3,(H,28,32)(H,29,30,31)/t19-,24-/m1/s1. The molecule has 2 atom stereocenters. The van der Waals surface area contributed by atoms with Crippen molar-refractivity contribution in [2.75, 3.05) is 22.8 Å². The quantitative estimate of drug-likeness (QED) is 0.426. The fraction of sp³-hybridized carbons (Fsp3) is 0.370. The van der Waals surface area contributed by atoms with Crippen LogP contribution in [0.4, 0.5) is 17.5 Å². The first-order valence-electron chi connectivity index (χ1n) is 12.1. The van der Waals surface area contributed by atoms with Crippen molar-refractivity contribution in [2.24, 2.45) is 0 Å². The smallest absolute Gasteiger partial charge is 0.227 e. The van der Waals surface area contributed by atoms with Crippen LogP contribution in [0.2, 0.25) is 0 Å². The molecule has 2 aromatic heterocycles. The summed E-state index contributed by atoms with van der Waals surface area (Å²) < 4.78 is 3.21. The third-order valence-corrected chi connectivity index (χ3v) is 7.41. The molecule has 8 heteroatoms. The molecule has 182 valence electrons. The molecule has 0 spiro atoms. The lowest BCUT2D eigenvalue weighted by atomic mass is 9.95. The Bertz CT molecular complexity index is 1200. The van der Waals surface area contributed by atoms with Gasteiger partial charge in [-0.1, -0.05) is 36.2 Å². The van der Waals surface area contributed by atoms with Gasteiger partial charge in [-0.2, -0.15) is 0 Å². The summed E-state index contributed by atoms with van der Waals surface area (Å²) >= 11 is 1.55. The number of aryl methyl sites for hydroxylation is 1. The molecule has 35 heavy (non-hydrogen) atoms. The molecular weight excluding hydrogens is 454 g/mol. The monoisotopic (exact) mass is 487 g/mol. The average Bonchev–Trinajstić information content (AvgIpc) is 3.29. The fourth-order valence-corrected chi connectivity index (χ4v) is 5.40. The van der Waals surface area contributed by atoms with E-state index in [-0.39, 0.29) is 0 Å². The minimum Gasteiger partial charge on any atom is -0.369 e. The van der Waals surface area contributed by atoms with Crippen LogP contribution in [0, 0.1) is 6.92 Å². The summed E-state index contributed by atoms with van der Waals surface area (Å²) in [6, 6.07) is 13.4. The molecule has 5 rings (SSSR count). The number of rotatable bonds is 7. The Morgan fingerprint density at radius 1 is 1.14 bits per heavy atom. The molecule has 0 bridgehead atoms. The molecule has 2 aliphatic heterocycles. The number of anilines is 3. The van der Waals surface area contributed by atoms with E-state index in [1.807, 2.05) is 24.7 Å². The molecule has 2 N–H and O–H groups in total. The molecule has 4 heterocycles. The molecule has 1 saturated heterocycles. The van der Waals surface area contributed by atoms with Gasteiger partial charge in [0.1, 0.15) is 5.82 Å². The Hall–Kier alpha value is -3.10. The largest absolute Gasteiger partial charge is 0.369 e. The Kier molecular flexibility index (Phi) is 6.92. The highest BCUT2D eigenvalue weighted by molar-refractivity contribution is 7.99. The molecule has 1 fully saturated rings. The number of nitrogens with zero attached hydrogens (tertiary/aromatic N) is 5. The summed E-state index contributed by atoms with van der Waals surface area (Å²) in [6.45, 7) is 11.6. The number of hydrogen-bond acceptors (Lipinski definition) is 8. The molecular formula is C27H33N7S. The second-order valence-corrected chi connectivity index (χ2v) is 10.1. The second-order valence-electron chi connectivity index (χ2n) is 9.46. The van der Waals surface area contributed by atoms with E-state index in [2.05, 4.69) is 80.6 Å². The topological polar surface area (TPSA) is 69.2 Å². The van der Waals surface area contributed by atoms with Gasteiger partial charge in [0, 0.05) is 72.9 Å². The first-order chi connectivity index (χ1) is 17.0. The zero-order valence-corrected chi connectivity index (χ0v) is 21.5. The van der Waals surface area contributed by atoms with Crippen LogP contribution in [0.1, 0.15) is 42.1 Å². The molecule has 0 aliphatic carbocycles. The van der Waals surface area contributed by atoms with Gasteiger partial charge in [0.15, 0.2) is 0 Å². The number of hydrogen-bond donors (Lipinski definition) is 2. The maximum absolute atomic E-state index is 4.84. The van der Waals surface area contributed by atoms with E-state index in [1.165, 1.54) is 11.1 Å². The van der Waals surface area contributed by atoms with Gasteiger partial charge in [0.25, 0.3) is 0 Å². The molecule has 0 amide bonds. The fourth-order valence-electron chi connectivity index (χ4n) is 5.08. The van der Waals surface area contributed by atoms with E-state index in [4.69, 9.17) is 4.98 Å². The molecule has 0 radical (unpaired) electrons. The average molecular weight is 488 g/mol. The summed E-state index contributed by atoms with van der Waals surface area (Å²) in [7, 11) is 0. The van der Waals surface area contributed by atoms with Crippen molar-refractivity contribution in [2.45, 2.75) is 51.9 Å². The third kappa shape index (κ3) is 5.28. The highest BCUT2D eigenvalue weighted by Gasteiger charge is 2.33. The third-order valence-electron chi connectivity index (χ3n) is 7.00. The first kappa shape index (κ1) is 23.6. The van der Waals surface area contributed by atoms with Crippen LogP contribution >= 0.6 is 11.9 Å². The minimum absolute atomic E-state index is 0.417. The molecule has 1 aromatic carbocycles. The van der Waals surface area contributed by atoms with Crippen molar-refractivity contribution in [1.29, 1.82) is 0 Å². The zero-order chi connectivity index (χ0) is 24.4. The Morgan fingerprint density at radius 2 is 1.97 bits per heavy atom. The molecule has 3 aromatic rings. The first-order valence-corrected chi connectivity index (χ1v) is 13.4. The van der Waals surface area contributed by atoms with E-state index in [0.29, 0.717) is 18.0 Å². The number of piperidine rings is 1. The lowest BCUT2D eigenvalue weighted by Crippen LogP contribution is -2.46. The van der Waals surface area contributed by atoms with Crippen molar-refractivity contribution < 1.29 is 0 Å². The van der Waals surface area contributed by atoms with Crippen LogP contribution in [0.5, 0.6) is 0 Å². The van der Waals surface area contributed by atoms with Gasteiger partial charge in [-0.05, 0) is 51.0 Å². The summed E-state index contributed by atoms with van der Waals surface area (Å²) in [5.41, 5.74) is 6.83. The SMILES string of the molecule is C=C(c1ccnc(NSC)c1)N1CC[C@@H](N2Cc3cnc(Nc4ccc(C)cc4)nc3C2)C[C@H]1C. The number of pyridine rings is 1. The normalized spacial score (nSPS) is 19.9. The van der Waals surface area contributed by atoms with Crippen LogP contribution in [0.15, 0.2) is 55.4 Å². The molecule has 7 nitrogen and oxygen atoms in total. The Morgan fingerprint density at radius 3 is 2.74 bits per heavy atom. The van der Waals surface area contributed by atoms with Gasteiger partial charge in [-0.15, -0.1) is 0 Å². The van der Waals surface area contributed by atoms with Crippen LogP contribution < -0.4 is 10.0 Å². The molecule has 2 aliphatic rings. The van der Waals surface area contributed by atoms with E-state index in [1.54, 1.807) is 11.9 Å². The maximum atomic E-state index is 4.84. The van der Waals surface area contributed by atoms with Crippen molar-refractivity contribution >= 4 is 35.1 Å². The highest BCUT2D eigenvalue weighted by atomic mass is 32.2. The van der Waals surface area contributed by atoms with Gasteiger partial charge >= 0.3 is 0 Å². The van der Waals surface area contributed by atoms with Gasteiger partial charge in [0.05, 0.1) is 5.69 Å². The minimum atomic E-state index is 0.417. The molecule has 0 saturated carbocycles. The van der Waals surface area contributed by atoms with Crippen LogP contribution in [0.25, 0.3) is 5.70 Å². The lowest BCUT2D eigenvalue weighted by molar-refractivity contribution is 0.102. The number of likely N-dealkylation sites (tertiary alicyclic amines) is 1. The van der Waals surface area contributed by atoms with Gasteiger partial charge in [-0.25, -0.2) is 15.0 Å². The van der Waals surface area contributed by atoms with E-state index in [9.17, 15) is 0 Å². The predicted octanol–water partition coefficient (Wildman–Crippen LogP) is 5.45. The zero-order valence-electron chi connectivity index (χ0n) is 20.7. The Balaban J connectivity index is 1.20. The Labute approximate surface area is 212 Å². The predicted molar refractivity (Wildman–Crippen MR) is 145 cm³/mol. The number of nitrogens with one attached hydrogen (secondary N) is 2.